The Kier molecular flexibility index (Phi) is 18.6. The number of hydrogen-bond donors (Lipinski definition) is 8. The van der Waals surface area contributed by atoms with Crippen molar-refractivity contribution in [2.24, 2.45) is 22.9 Å². The van der Waals surface area contributed by atoms with Crippen LogP contribution in [0.15, 0.2) is 170 Å². The third-order valence-electron chi connectivity index (χ3n) is 19.9. The molecule has 4 aliphatic carbocycles. The van der Waals surface area contributed by atoms with Gasteiger partial charge in [-0.15, -0.1) is 0 Å². The molecule has 4 aliphatic rings. The molecule has 20 heteroatoms. The van der Waals surface area contributed by atoms with Gasteiger partial charge < -0.3 is 42.9 Å². The van der Waals surface area contributed by atoms with Gasteiger partial charge in [0.1, 0.15) is 23.3 Å². The summed E-state index contributed by atoms with van der Waals surface area (Å²) in [5, 5.41) is 0. The molecule has 4 aromatic carbocycles. The predicted molar refractivity (Wildman–Crippen MR) is 419 cm³/mol. The molecular weight excluding hydrogens is 1290 g/mol. The summed E-state index contributed by atoms with van der Waals surface area (Å²) in [6.45, 7) is 7.39. The third kappa shape index (κ3) is 19.1. The largest absolute Gasteiger partial charge is 0.341 e. The fourth-order valence-corrected chi connectivity index (χ4v) is 14.9. The van der Waals surface area contributed by atoms with Gasteiger partial charge in [-0.05, 0) is 276 Å². The minimum atomic E-state index is -0.312. The zero-order valence-corrected chi connectivity index (χ0v) is 59.2. The molecule has 0 unspecified atom stereocenters. The molecule has 0 amide bonds. The molecule has 104 heavy (non-hydrogen) atoms. The van der Waals surface area contributed by atoms with Crippen LogP contribution in [0.2, 0.25) is 0 Å². The van der Waals surface area contributed by atoms with Crippen molar-refractivity contribution in [3.8, 4) is 0 Å². The summed E-state index contributed by atoms with van der Waals surface area (Å²) in [6.07, 6.45) is 20.3. The maximum atomic E-state index is 8.32. The molecule has 20 nitrogen and oxygen atoms in total. The number of aromatic nitrogens is 12. The Labute approximate surface area is 642 Å². The molecule has 12 N–H and O–H groups in total. The summed E-state index contributed by atoms with van der Waals surface area (Å²) in [6, 6.07) is 8.98. The normalized spacial score (nSPS) is 19.8. The van der Waals surface area contributed by atoms with E-state index in [9.17, 15) is 0 Å². The van der Waals surface area contributed by atoms with Crippen LogP contribution in [-0.4, -0.2) is 132 Å². The van der Waals surface area contributed by atoms with Crippen LogP contribution in [0.3, 0.4) is 0 Å². The van der Waals surface area contributed by atoms with Crippen molar-refractivity contribution in [1.82, 2.24) is 79.4 Å². The first-order chi connectivity index (χ1) is 60.0. The summed E-state index contributed by atoms with van der Waals surface area (Å²) < 4.78 is 169. The minimum Gasteiger partial charge on any atom is -0.341 e. The molecule has 0 fully saturated rings. The number of H-pyrrole nitrogens is 4. The summed E-state index contributed by atoms with van der Waals surface area (Å²) >= 11 is 0. The summed E-state index contributed by atoms with van der Waals surface area (Å²) in [7, 11) is 0. The zero-order valence-electron chi connectivity index (χ0n) is 80.2. The lowest BCUT2D eigenvalue weighted by Gasteiger charge is -2.34. The summed E-state index contributed by atoms with van der Waals surface area (Å²) in [5.74, 6) is 2.41. The summed E-state index contributed by atoms with van der Waals surface area (Å²) in [5.41, 5.74) is 33.2. The van der Waals surface area contributed by atoms with Gasteiger partial charge in [0.2, 0.25) is 0 Å². The van der Waals surface area contributed by atoms with Crippen molar-refractivity contribution in [2.75, 3.05) is 52.4 Å². The first-order valence-electron chi connectivity index (χ1n) is 47.4. The lowest BCUT2D eigenvalue weighted by molar-refractivity contribution is 0.159. The average molecular weight is 1420 g/mol. The number of pyridine rings is 4. The van der Waals surface area contributed by atoms with E-state index < -0.39 is 0 Å². The Morgan fingerprint density at radius 2 is 0.683 bits per heavy atom. The van der Waals surface area contributed by atoms with Crippen molar-refractivity contribution in [2.45, 2.75) is 179 Å². The third-order valence-corrected chi connectivity index (χ3v) is 19.9. The Morgan fingerprint density at radius 1 is 0.337 bits per heavy atom. The van der Waals surface area contributed by atoms with Crippen LogP contribution in [0.4, 0.5) is 0 Å². The molecule has 0 aliphatic heterocycles. The highest BCUT2D eigenvalue weighted by atomic mass is 15.2. The van der Waals surface area contributed by atoms with Crippen molar-refractivity contribution >= 4 is 44.1 Å². The molecule has 0 spiro atoms. The van der Waals surface area contributed by atoms with Gasteiger partial charge in [-0.3, -0.25) is 39.5 Å². The number of nitrogens with one attached hydrogen (secondary N) is 4. The van der Waals surface area contributed by atoms with E-state index in [1.54, 1.807) is 12.1 Å². The number of benzene rings is 4. The SMILES string of the molecule is [2H]c1cc([2H])c2nc(CN(CCCCN)[C@H]3CCCc4cccnc43)[nH]c2c1[2H].[2H]c1cc2c(nc1[2H])[C@@H](N(CCCCN)Cc1nc3c([2H])c([2H])c([2H])c([2H])c3[nH]1)CCC2.[2H]c1ccc2c(n1)[C@@H](N(CCCCN)Cc1nc3c([2H])c([2H])c([2H])c([2H])c3[nH]1)CCC2.[2H]c1nc2c(c([2H])c1[2H])CCC[C@@H]2N(CCCCN)Cc1nc2c([2H])c([2H])c([2H])c([2H])c2[nH]1. The van der Waals surface area contributed by atoms with E-state index in [4.69, 9.17) is 56.7 Å². The zero-order chi connectivity index (χ0) is 89.4. The monoisotopic (exact) mass is 1420 g/mol. The van der Waals surface area contributed by atoms with Gasteiger partial charge in [0, 0.05) is 24.7 Å². The topological polar surface area (TPSA) is 283 Å². The second-order valence-corrected chi connectivity index (χ2v) is 27.0. The molecule has 12 aromatic rings. The van der Waals surface area contributed by atoms with Gasteiger partial charge in [0.25, 0.3) is 0 Å². The van der Waals surface area contributed by atoms with E-state index >= 15 is 0 Å². The fourth-order valence-electron chi connectivity index (χ4n) is 14.9. The first kappa shape index (κ1) is 51.3. The lowest BCUT2D eigenvalue weighted by Crippen LogP contribution is -2.33. The van der Waals surface area contributed by atoms with Crippen LogP contribution < -0.4 is 22.9 Å². The number of aromatic amines is 4. The molecule has 8 heterocycles. The number of fused-ring (bicyclic) bond motifs is 8. The van der Waals surface area contributed by atoms with Crippen molar-refractivity contribution in [3.05, 3.63) is 238 Å². The van der Waals surface area contributed by atoms with Gasteiger partial charge in [0.15, 0.2) is 0 Å². The molecule has 544 valence electrons. The first-order valence-corrected chi connectivity index (χ1v) is 36.9. The number of unbranched alkanes of at least 4 members (excludes halogenated alkanes) is 4. The molecule has 0 saturated carbocycles. The van der Waals surface area contributed by atoms with Crippen molar-refractivity contribution in [3.63, 3.8) is 0 Å². The van der Waals surface area contributed by atoms with E-state index in [-0.39, 0.29) is 174 Å². The standard InChI is InChI=1S/4C21H27N5/c4*22-12-3-4-14-26(15-20-24-17-9-1-2-10-18(17)25-20)19-11-5-7-16-8-6-13-23-21(16)19/h4*1-2,6,8-10,13,19H,3-5,7,11-12,14-15,22H2,(H,24,25)/t4*19-/m0000/s1/i1D,2D,6D,8D,9D,10D,13D;1D,2D,6D,9D,10D,13D;1D,2D,9D,10D,13D;1D,9D,10D. The Bertz CT molecular complexity index is 5710. The lowest BCUT2D eigenvalue weighted by atomic mass is 9.90. The molecule has 8 aromatic heterocycles. The molecular formula is C84H108N20. The van der Waals surface area contributed by atoms with Crippen LogP contribution in [-0.2, 0) is 51.9 Å². The number of hydrogen-bond acceptors (Lipinski definition) is 16. The van der Waals surface area contributed by atoms with Gasteiger partial charge in [-0.2, -0.15) is 0 Å². The predicted octanol–water partition coefficient (Wildman–Crippen LogP) is 14.3. The number of aryl methyl sites for hydroxylation is 3. The molecule has 16 rings (SSSR count). The van der Waals surface area contributed by atoms with Crippen molar-refractivity contribution < 1.29 is 28.8 Å². The average Bonchev–Trinajstić information content (AvgIpc) is 1.68. The number of nitrogens with zero attached hydrogens (tertiary/aromatic N) is 12. The van der Waals surface area contributed by atoms with E-state index in [0.717, 1.165) is 176 Å². The van der Waals surface area contributed by atoms with Crippen LogP contribution >= 0.6 is 0 Å². The van der Waals surface area contributed by atoms with E-state index in [0.29, 0.717) is 111 Å². The Morgan fingerprint density at radius 3 is 1.12 bits per heavy atom. The van der Waals surface area contributed by atoms with E-state index in [1.165, 1.54) is 17.2 Å². The van der Waals surface area contributed by atoms with Crippen LogP contribution in [0, 0.1) is 0 Å². The second kappa shape index (κ2) is 37.7. The van der Waals surface area contributed by atoms with E-state index in [1.807, 2.05) is 18.3 Å². The highest BCUT2D eigenvalue weighted by Gasteiger charge is 2.32. The van der Waals surface area contributed by atoms with E-state index in [2.05, 4.69) is 80.5 Å². The highest BCUT2D eigenvalue weighted by Crippen LogP contribution is 2.38. The molecule has 0 bridgehead atoms. The van der Waals surface area contributed by atoms with Gasteiger partial charge in [0.05, 0.1) is 146 Å². The Balaban J connectivity index is 0.000000143. The van der Waals surface area contributed by atoms with Gasteiger partial charge in [-0.1, -0.05) is 72.6 Å². The van der Waals surface area contributed by atoms with Crippen molar-refractivity contribution in [1.29, 1.82) is 0 Å². The fraction of sp³-hybridized carbons (Fsp3) is 0.429. The van der Waals surface area contributed by atoms with Gasteiger partial charge in [-0.25, -0.2) is 19.9 Å². The number of para-hydroxylation sites is 8. The number of nitrogens with two attached hydrogens (primary N) is 4. The van der Waals surface area contributed by atoms with Crippen LogP contribution in [0.5, 0.6) is 0 Å². The highest BCUT2D eigenvalue weighted by molar-refractivity contribution is 5.76. The smallest absolute Gasteiger partial charge is 0.121 e. The Hall–Kier alpha value is -8.96. The quantitative estimate of drug-likeness (QED) is 0.0212. The molecule has 0 radical (unpaired) electrons. The summed E-state index contributed by atoms with van der Waals surface area (Å²) in [4.78, 5) is 57.8. The van der Waals surface area contributed by atoms with Crippen LogP contribution in [0.1, 0.15) is 224 Å². The number of imidazole rings is 4. The van der Waals surface area contributed by atoms with Crippen LogP contribution in [0.25, 0.3) is 44.1 Å². The maximum absolute atomic E-state index is 8.32. The minimum absolute atomic E-state index is 0.0232. The number of rotatable bonds is 28. The second-order valence-electron chi connectivity index (χ2n) is 27.0. The molecule has 0 saturated heterocycles. The molecule has 4 atom stereocenters. The van der Waals surface area contributed by atoms with Gasteiger partial charge >= 0.3 is 0 Å². The maximum Gasteiger partial charge on any atom is 0.121 e.